The summed E-state index contributed by atoms with van der Waals surface area (Å²) in [5.41, 5.74) is 0. The van der Waals surface area contributed by atoms with Gasteiger partial charge in [0.15, 0.2) is 15.8 Å². The van der Waals surface area contributed by atoms with Crippen molar-refractivity contribution in [2.45, 2.75) is 64.0 Å². The van der Waals surface area contributed by atoms with Crippen molar-refractivity contribution in [2.24, 2.45) is 4.99 Å². The molecule has 1 aliphatic heterocycles. The molecule has 1 saturated carbocycles. The van der Waals surface area contributed by atoms with Gasteiger partial charge in [-0.1, -0.05) is 19.3 Å². The van der Waals surface area contributed by atoms with Gasteiger partial charge in [-0.05, 0) is 46.2 Å². The normalized spacial score (nSPS) is 25.1. The first-order valence-corrected chi connectivity index (χ1v) is 11.3. The summed E-state index contributed by atoms with van der Waals surface area (Å²) in [7, 11) is -0.628. The van der Waals surface area contributed by atoms with E-state index < -0.39 is 9.84 Å². The molecule has 1 heterocycles. The highest BCUT2D eigenvalue weighted by Gasteiger charge is 2.28. The Morgan fingerprint density at radius 2 is 1.96 bits per heavy atom. The van der Waals surface area contributed by atoms with Gasteiger partial charge in [0.25, 0.3) is 0 Å². The lowest BCUT2D eigenvalue weighted by molar-refractivity contribution is 0.191. The molecule has 2 N–H and O–H groups in total. The SMILES string of the molecule is CCNC(=NCCCN(C)C1CCCCC1)NC1CCS(=O)(=O)C1. The van der Waals surface area contributed by atoms with Gasteiger partial charge in [0, 0.05) is 25.2 Å². The maximum atomic E-state index is 11.6. The van der Waals surface area contributed by atoms with Crippen LogP contribution in [0.25, 0.3) is 0 Å². The Hall–Kier alpha value is -0.820. The van der Waals surface area contributed by atoms with Crippen molar-refractivity contribution >= 4 is 15.8 Å². The predicted molar refractivity (Wildman–Crippen MR) is 100 cm³/mol. The van der Waals surface area contributed by atoms with Crippen molar-refractivity contribution in [2.75, 3.05) is 38.2 Å². The van der Waals surface area contributed by atoms with Gasteiger partial charge in [-0.25, -0.2) is 8.42 Å². The van der Waals surface area contributed by atoms with Gasteiger partial charge < -0.3 is 15.5 Å². The third-order valence-electron chi connectivity index (χ3n) is 5.05. The molecule has 2 rings (SSSR count). The highest BCUT2D eigenvalue weighted by atomic mass is 32.2. The monoisotopic (exact) mass is 358 g/mol. The minimum Gasteiger partial charge on any atom is -0.357 e. The maximum Gasteiger partial charge on any atom is 0.191 e. The molecule has 1 atom stereocenters. The zero-order valence-electron chi connectivity index (χ0n) is 15.3. The van der Waals surface area contributed by atoms with E-state index in [-0.39, 0.29) is 17.5 Å². The minimum absolute atomic E-state index is 0.00212. The molecule has 2 fully saturated rings. The minimum atomic E-state index is -2.86. The zero-order valence-corrected chi connectivity index (χ0v) is 16.1. The summed E-state index contributed by atoms with van der Waals surface area (Å²) in [5, 5.41) is 6.49. The van der Waals surface area contributed by atoms with E-state index in [1.807, 2.05) is 6.92 Å². The number of nitrogens with one attached hydrogen (secondary N) is 2. The van der Waals surface area contributed by atoms with E-state index in [0.29, 0.717) is 6.42 Å². The van der Waals surface area contributed by atoms with Crippen LogP contribution < -0.4 is 10.6 Å². The first-order chi connectivity index (χ1) is 11.5. The second kappa shape index (κ2) is 9.61. The van der Waals surface area contributed by atoms with E-state index in [1.54, 1.807) is 0 Å². The van der Waals surface area contributed by atoms with Crippen LogP contribution in [-0.4, -0.2) is 69.5 Å². The van der Waals surface area contributed by atoms with Crippen molar-refractivity contribution in [3.8, 4) is 0 Å². The fourth-order valence-electron chi connectivity index (χ4n) is 3.64. The van der Waals surface area contributed by atoms with Gasteiger partial charge in [-0.2, -0.15) is 0 Å². The van der Waals surface area contributed by atoms with Crippen LogP contribution in [0.3, 0.4) is 0 Å². The Balaban J connectivity index is 1.72. The molecule has 0 radical (unpaired) electrons. The predicted octanol–water partition coefficient (Wildman–Crippen LogP) is 1.38. The number of hydrogen-bond donors (Lipinski definition) is 2. The average Bonchev–Trinajstić information content (AvgIpc) is 2.91. The van der Waals surface area contributed by atoms with Gasteiger partial charge in [0.1, 0.15) is 0 Å². The van der Waals surface area contributed by atoms with Gasteiger partial charge in [-0.3, -0.25) is 4.99 Å². The Kier molecular flexibility index (Phi) is 7.81. The molecular formula is C17H34N4O2S. The quantitative estimate of drug-likeness (QED) is 0.409. The van der Waals surface area contributed by atoms with Crippen molar-refractivity contribution in [3.05, 3.63) is 0 Å². The van der Waals surface area contributed by atoms with Crippen LogP contribution in [0, 0.1) is 0 Å². The van der Waals surface area contributed by atoms with Crippen LogP contribution in [0.15, 0.2) is 4.99 Å². The summed E-state index contributed by atoms with van der Waals surface area (Å²) in [4.78, 5) is 7.10. The molecule has 2 aliphatic rings. The van der Waals surface area contributed by atoms with Crippen LogP contribution in [0.2, 0.25) is 0 Å². The summed E-state index contributed by atoms with van der Waals surface area (Å²) < 4.78 is 23.1. The molecule has 0 aromatic heterocycles. The van der Waals surface area contributed by atoms with E-state index in [4.69, 9.17) is 0 Å². The van der Waals surface area contributed by atoms with E-state index in [0.717, 1.165) is 38.1 Å². The number of nitrogens with zero attached hydrogens (tertiary/aromatic N) is 2. The highest BCUT2D eigenvalue weighted by molar-refractivity contribution is 7.91. The van der Waals surface area contributed by atoms with E-state index in [9.17, 15) is 8.42 Å². The molecule has 140 valence electrons. The molecule has 0 aromatic carbocycles. The molecule has 24 heavy (non-hydrogen) atoms. The van der Waals surface area contributed by atoms with Crippen molar-refractivity contribution in [1.82, 2.24) is 15.5 Å². The summed E-state index contributed by atoms with van der Waals surface area (Å²) in [6.45, 7) is 4.66. The van der Waals surface area contributed by atoms with E-state index >= 15 is 0 Å². The number of sulfone groups is 1. The number of rotatable bonds is 7. The van der Waals surface area contributed by atoms with Gasteiger partial charge in [0.2, 0.25) is 0 Å². The second-order valence-electron chi connectivity index (χ2n) is 7.13. The largest absolute Gasteiger partial charge is 0.357 e. The number of hydrogen-bond acceptors (Lipinski definition) is 4. The highest BCUT2D eigenvalue weighted by Crippen LogP contribution is 2.21. The zero-order chi connectivity index (χ0) is 17.4. The Morgan fingerprint density at radius 1 is 1.21 bits per heavy atom. The van der Waals surface area contributed by atoms with Crippen molar-refractivity contribution in [3.63, 3.8) is 0 Å². The summed E-state index contributed by atoms with van der Waals surface area (Å²) in [6, 6.07) is 0.746. The van der Waals surface area contributed by atoms with Crippen molar-refractivity contribution < 1.29 is 8.42 Å². The lowest BCUT2D eigenvalue weighted by atomic mass is 9.94. The van der Waals surface area contributed by atoms with Crippen LogP contribution in [0.4, 0.5) is 0 Å². The Morgan fingerprint density at radius 3 is 2.58 bits per heavy atom. The molecule has 0 amide bonds. The molecule has 1 unspecified atom stereocenters. The third-order valence-corrected chi connectivity index (χ3v) is 6.82. The summed E-state index contributed by atoms with van der Waals surface area (Å²) >= 11 is 0. The lowest BCUT2D eigenvalue weighted by Crippen LogP contribution is -2.44. The maximum absolute atomic E-state index is 11.6. The average molecular weight is 359 g/mol. The standard InChI is InChI=1S/C17H34N4O2S/c1-3-18-17(20-15-10-13-24(22,23)14-15)19-11-7-12-21(2)16-8-5-4-6-9-16/h15-16H,3-14H2,1-2H3,(H2,18,19,20). The van der Waals surface area contributed by atoms with E-state index in [2.05, 4.69) is 27.6 Å². The molecule has 1 aliphatic carbocycles. The fourth-order valence-corrected chi connectivity index (χ4v) is 5.31. The Bertz CT molecular complexity index is 501. The Labute approximate surface area is 147 Å². The lowest BCUT2D eigenvalue weighted by Gasteiger charge is -2.31. The van der Waals surface area contributed by atoms with Crippen LogP contribution >= 0.6 is 0 Å². The first kappa shape index (κ1) is 19.5. The molecule has 0 aromatic rings. The van der Waals surface area contributed by atoms with Crippen LogP contribution in [-0.2, 0) is 9.84 Å². The summed E-state index contributed by atoms with van der Waals surface area (Å²) in [5.74, 6) is 1.26. The molecule has 0 spiro atoms. The van der Waals surface area contributed by atoms with E-state index in [1.165, 1.54) is 32.1 Å². The fraction of sp³-hybridized carbons (Fsp3) is 0.941. The smallest absolute Gasteiger partial charge is 0.191 e. The van der Waals surface area contributed by atoms with Crippen molar-refractivity contribution in [1.29, 1.82) is 0 Å². The third kappa shape index (κ3) is 6.59. The first-order valence-electron chi connectivity index (χ1n) is 9.45. The van der Waals surface area contributed by atoms with Crippen LogP contribution in [0.5, 0.6) is 0 Å². The summed E-state index contributed by atoms with van der Waals surface area (Å²) in [6.07, 6.45) is 8.51. The van der Waals surface area contributed by atoms with Crippen LogP contribution in [0.1, 0.15) is 51.9 Å². The molecule has 6 nitrogen and oxygen atoms in total. The van der Waals surface area contributed by atoms with Gasteiger partial charge >= 0.3 is 0 Å². The van der Waals surface area contributed by atoms with Gasteiger partial charge in [0.05, 0.1) is 11.5 Å². The molecule has 7 heteroatoms. The molecular weight excluding hydrogens is 324 g/mol. The molecule has 1 saturated heterocycles. The molecule has 0 bridgehead atoms. The number of aliphatic imine (C=N–C) groups is 1. The topological polar surface area (TPSA) is 73.8 Å². The number of guanidine groups is 1. The van der Waals surface area contributed by atoms with Gasteiger partial charge in [-0.15, -0.1) is 0 Å². The second-order valence-corrected chi connectivity index (χ2v) is 9.36.